The lowest BCUT2D eigenvalue weighted by molar-refractivity contribution is -0.152. The number of hydrogen-bond acceptors (Lipinski definition) is 11. The van der Waals surface area contributed by atoms with Gasteiger partial charge in [-0.2, -0.15) is 0 Å². The van der Waals surface area contributed by atoms with Gasteiger partial charge in [-0.25, -0.2) is 9.59 Å². The van der Waals surface area contributed by atoms with Crippen molar-refractivity contribution in [3.63, 3.8) is 0 Å². The predicted molar refractivity (Wildman–Crippen MR) is 163 cm³/mol. The zero-order valence-corrected chi connectivity index (χ0v) is 26.2. The molecule has 15 heteroatoms. The summed E-state index contributed by atoms with van der Waals surface area (Å²) < 4.78 is 14.3. The van der Waals surface area contributed by atoms with E-state index in [0.717, 1.165) is 19.8 Å². The van der Waals surface area contributed by atoms with Gasteiger partial charge in [0.05, 0.1) is 26.7 Å². The number of methoxy groups -OCH3 is 2. The second-order valence-electron chi connectivity index (χ2n) is 10.5. The van der Waals surface area contributed by atoms with Gasteiger partial charge in [-0.1, -0.05) is 43.0 Å². The first-order chi connectivity index (χ1) is 22.0. The number of rotatable bonds is 18. The van der Waals surface area contributed by atoms with Crippen LogP contribution in [0.4, 0.5) is 0 Å². The van der Waals surface area contributed by atoms with Crippen LogP contribution in [0.25, 0.3) is 0 Å². The summed E-state index contributed by atoms with van der Waals surface area (Å²) in [6.45, 7) is 3.59. The Kier molecular flexibility index (Phi) is 15.9. The van der Waals surface area contributed by atoms with E-state index in [1.54, 1.807) is 0 Å². The highest BCUT2D eigenvalue weighted by Gasteiger charge is 2.37. The highest BCUT2D eigenvalue weighted by atomic mass is 16.5. The molecule has 0 bridgehead atoms. The number of likely N-dealkylation sites (tertiary alicyclic amines) is 1. The van der Waals surface area contributed by atoms with Crippen molar-refractivity contribution in [2.24, 2.45) is 5.73 Å². The quantitative estimate of drug-likeness (QED) is 0.0887. The summed E-state index contributed by atoms with van der Waals surface area (Å²) in [7, 11) is 2.25. The topological polar surface area (TPSA) is 213 Å². The van der Waals surface area contributed by atoms with Gasteiger partial charge in [0, 0.05) is 25.9 Å². The Morgan fingerprint density at radius 1 is 1.00 bits per heavy atom. The Balaban J connectivity index is 1.89. The van der Waals surface area contributed by atoms with Gasteiger partial charge in [-0.3, -0.25) is 24.0 Å². The molecule has 0 radical (unpaired) electrons. The van der Waals surface area contributed by atoms with Gasteiger partial charge in [0.2, 0.25) is 23.6 Å². The lowest BCUT2D eigenvalue weighted by atomic mass is 10.1. The van der Waals surface area contributed by atoms with Crippen molar-refractivity contribution in [1.82, 2.24) is 20.9 Å². The first-order valence-corrected chi connectivity index (χ1v) is 14.9. The number of carbonyl (C=O) groups is 7. The number of esters is 3. The average molecular weight is 646 g/mol. The summed E-state index contributed by atoms with van der Waals surface area (Å²) in [5, 5.41) is 7.58. The summed E-state index contributed by atoms with van der Waals surface area (Å²) in [4.78, 5) is 88.9. The highest BCUT2D eigenvalue weighted by Crippen LogP contribution is 2.20. The molecule has 4 atom stereocenters. The molecule has 0 spiro atoms. The average Bonchev–Trinajstić information content (AvgIpc) is 3.55. The molecule has 1 aliphatic heterocycles. The summed E-state index contributed by atoms with van der Waals surface area (Å²) >= 11 is 0. The molecule has 15 nitrogen and oxygen atoms in total. The maximum absolute atomic E-state index is 13.1. The molecule has 4 amide bonds. The van der Waals surface area contributed by atoms with E-state index in [9.17, 15) is 33.6 Å². The highest BCUT2D eigenvalue weighted by molar-refractivity contribution is 5.93. The molecule has 0 aliphatic carbocycles. The molecule has 46 heavy (non-hydrogen) atoms. The smallest absolute Gasteiger partial charge is 0.328 e. The Bertz CT molecular complexity index is 1240. The lowest BCUT2D eigenvalue weighted by Crippen LogP contribution is -2.52. The number of amides is 4. The zero-order valence-electron chi connectivity index (χ0n) is 26.2. The van der Waals surface area contributed by atoms with Crippen molar-refractivity contribution in [3.8, 4) is 0 Å². The Morgan fingerprint density at radius 2 is 1.67 bits per heavy atom. The normalized spacial score (nSPS) is 15.8. The van der Waals surface area contributed by atoms with Crippen LogP contribution < -0.4 is 21.7 Å². The number of benzene rings is 1. The van der Waals surface area contributed by atoms with Crippen molar-refractivity contribution in [3.05, 3.63) is 48.6 Å². The van der Waals surface area contributed by atoms with Crippen molar-refractivity contribution in [2.75, 3.05) is 33.9 Å². The van der Waals surface area contributed by atoms with Crippen LogP contribution >= 0.6 is 0 Å². The van der Waals surface area contributed by atoms with E-state index in [4.69, 9.17) is 15.2 Å². The van der Waals surface area contributed by atoms with Crippen LogP contribution in [0.15, 0.2) is 43.0 Å². The molecule has 252 valence electrons. The molecular weight excluding hydrogens is 602 g/mol. The Morgan fingerprint density at radius 3 is 2.33 bits per heavy atom. The molecule has 1 aromatic carbocycles. The summed E-state index contributed by atoms with van der Waals surface area (Å²) in [6.07, 6.45) is 1.55. The van der Waals surface area contributed by atoms with Gasteiger partial charge in [-0.05, 0) is 31.2 Å². The molecule has 1 aliphatic rings. The lowest BCUT2D eigenvalue weighted by Gasteiger charge is -2.26. The Hall–Kier alpha value is -4.79. The van der Waals surface area contributed by atoms with Crippen LogP contribution in [0.2, 0.25) is 0 Å². The van der Waals surface area contributed by atoms with Crippen LogP contribution in [-0.2, 0) is 54.2 Å². The second kappa shape index (κ2) is 19.6. The van der Waals surface area contributed by atoms with E-state index in [1.807, 2.05) is 30.3 Å². The third-order valence-electron chi connectivity index (χ3n) is 7.17. The molecule has 2 rings (SSSR count). The van der Waals surface area contributed by atoms with Crippen LogP contribution in [0.1, 0.15) is 44.1 Å². The van der Waals surface area contributed by atoms with Crippen molar-refractivity contribution in [2.45, 2.75) is 69.1 Å². The maximum Gasteiger partial charge on any atom is 0.328 e. The molecule has 1 heterocycles. The number of nitrogens with zero attached hydrogens (tertiary/aromatic N) is 1. The monoisotopic (exact) mass is 645 g/mol. The van der Waals surface area contributed by atoms with Gasteiger partial charge in [-0.15, -0.1) is 0 Å². The van der Waals surface area contributed by atoms with Crippen molar-refractivity contribution >= 4 is 41.5 Å². The van der Waals surface area contributed by atoms with Crippen LogP contribution in [0.3, 0.4) is 0 Å². The second-order valence-corrected chi connectivity index (χ2v) is 10.5. The maximum atomic E-state index is 13.1. The van der Waals surface area contributed by atoms with E-state index < -0.39 is 72.1 Å². The minimum Gasteiger partial charge on any atom is -0.467 e. The van der Waals surface area contributed by atoms with Crippen LogP contribution in [0, 0.1) is 0 Å². The molecule has 5 N–H and O–H groups in total. The zero-order chi connectivity index (χ0) is 34.1. The summed E-state index contributed by atoms with van der Waals surface area (Å²) in [5.41, 5.74) is 6.85. The predicted octanol–water partition coefficient (Wildman–Crippen LogP) is -0.731. The third kappa shape index (κ3) is 12.3. The minimum absolute atomic E-state index is 0.0247. The van der Waals surface area contributed by atoms with E-state index >= 15 is 0 Å². The largest absolute Gasteiger partial charge is 0.467 e. The van der Waals surface area contributed by atoms with Gasteiger partial charge in [0.25, 0.3) is 0 Å². The van der Waals surface area contributed by atoms with Crippen LogP contribution in [-0.4, -0.2) is 105 Å². The number of ether oxygens (including phenoxy) is 3. The van der Waals surface area contributed by atoms with Gasteiger partial charge < -0.3 is 40.8 Å². The van der Waals surface area contributed by atoms with E-state index in [1.165, 1.54) is 11.0 Å². The van der Waals surface area contributed by atoms with E-state index in [2.05, 4.69) is 27.3 Å². The Labute approximate surface area is 267 Å². The number of hydrogen-bond donors (Lipinski definition) is 4. The van der Waals surface area contributed by atoms with Crippen molar-refractivity contribution in [1.29, 1.82) is 0 Å². The van der Waals surface area contributed by atoms with Gasteiger partial charge in [0.1, 0.15) is 24.7 Å². The first-order valence-electron chi connectivity index (χ1n) is 14.9. The number of nitrogens with two attached hydrogens (primary N) is 1. The number of carbonyl (C=O) groups excluding carboxylic acids is 7. The van der Waals surface area contributed by atoms with Crippen LogP contribution in [0.5, 0.6) is 0 Å². The summed E-state index contributed by atoms with van der Waals surface area (Å²) in [6, 6.07) is 5.03. The molecule has 0 saturated carbocycles. The molecule has 1 aromatic rings. The van der Waals surface area contributed by atoms with Gasteiger partial charge >= 0.3 is 17.9 Å². The summed E-state index contributed by atoms with van der Waals surface area (Å²) in [5.74, 6) is -4.47. The fraction of sp³-hybridized carbons (Fsp3) is 0.516. The molecule has 1 fully saturated rings. The van der Waals surface area contributed by atoms with Gasteiger partial charge in [0.15, 0.2) is 0 Å². The first kappa shape index (κ1) is 37.4. The fourth-order valence-electron chi connectivity index (χ4n) is 4.78. The molecule has 0 aromatic heterocycles. The SMILES string of the molecule is C=CCOC(=O)C[C@@H](NC(=O)[C@@H]1CCCN1C(=O)CC[C@H](NC(=O)CCNC(=O)[C@@H](N)Cc1ccccc1)C(=O)OC)C(=O)OC. The molecule has 0 unspecified atom stereocenters. The minimum atomic E-state index is -1.32. The number of nitrogens with one attached hydrogen (secondary N) is 3. The standard InChI is InChI=1S/C31H43N5O10/c1-4-17-46-27(39)19-23(31(43)45-3)35-29(41)24-11-8-16-36(24)26(38)13-12-22(30(42)44-2)34-25(37)14-15-33-28(40)21(32)18-20-9-6-5-7-10-20/h4-7,9-10,21-24H,1,8,11-19,32H2,2-3H3,(H,33,40)(H,34,37)(H,35,41)/t21-,22-,23+,24-/m0/s1. The third-order valence-corrected chi connectivity index (χ3v) is 7.17. The van der Waals surface area contributed by atoms with Crippen molar-refractivity contribution < 1.29 is 47.8 Å². The molecule has 1 saturated heterocycles. The van der Waals surface area contributed by atoms with E-state index in [0.29, 0.717) is 19.3 Å². The van der Waals surface area contributed by atoms with E-state index in [-0.39, 0.29) is 39.0 Å². The molecular formula is C31H43N5O10. The fourth-order valence-corrected chi connectivity index (χ4v) is 4.78.